The summed E-state index contributed by atoms with van der Waals surface area (Å²) >= 11 is 0. The highest BCUT2D eigenvalue weighted by atomic mass is 16.4. The average Bonchev–Trinajstić information content (AvgIpc) is 2.48. The third-order valence-electron chi connectivity index (χ3n) is 3.04. The van der Waals surface area contributed by atoms with Crippen LogP contribution < -0.4 is 5.32 Å². The van der Waals surface area contributed by atoms with Crippen molar-refractivity contribution >= 4 is 5.97 Å². The van der Waals surface area contributed by atoms with Crippen molar-refractivity contribution in [2.45, 2.75) is 12.6 Å². The van der Waals surface area contributed by atoms with Gasteiger partial charge in [0.25, 0.3) is 0 Å². The summed E-state index contributed by atoms with van der Waals surface area (Å²) in [6.45, 7) is 0.424. The maximum Gasteiger partial charge on any atom is 0.335 e. The van der Waals surface area contributed by atoms with Gasteiger partial charge in [-0.1, -0.05) is 24.3 Å². The maximum atomic E-state index is 10.8. The first-order chi connectivity index (χ1) is 10.1. The number of aromatic carboxylic acids is 1. The van der Waals surface area contributed by atoms with Crippen LogP contribution in [0.15, 0.2) is 48.5 Å². The van der Waals surface area contributed by atoms with Crippen molar-refractivity contribution in [1.82, 2.24) is 5.32 Å². The second-order valence-corrected chi connectivity index (χ2v) is 4.54. The molecule has 5 heteroatoms. The molecule has 3 N–H and O–H groups in total. The second kappa shape index (κ2) is 6.55. The van der Waals surface area contributed by atoms with Crippen molar-refractivity contribution in [3.8, 4) is 11.8 Å². The van der Waals surface area contributed by atoms with Gasteiger partial charge in [-0.15, -0.1) is 0 Å². The van der Waals surface area contributed by atoms with Crippen molar-refractivity contribution < 1.29 is 15.0 Å². The molecule has 0 aliphatic carbocycles. The summed E-state index contributed by atoms with van der Waals surface area (Å²) in [6.07, 6.45) is 0. The minimum absolute atomic E-state index is 0.111. The van der Waals surface area contributed by atoms with Crippen molar-refractivity contribution in [2.24, 2.45) is 0 Å². The summed E-state index contributed by atoms with van der Waals surface area (Å²) in [4.78, 5) is 10.8. The van der Waals surface area contributed by atoms with Crippen molar-refractivity contribution in [3.05, 3.63) is 65.2 Å². The number of benzene rings is 2. The zero-order valence-electron chi connectivity index (χ0n) is 11.2. The highest BCUT2D eigenvalue weighted by Crippen LogP contribution is 2.18. The third-order valence-corrected chi connectivity index (χ3v) is 3.04. The molecule has 2 aromatic rings. The van der Waals surface area contributed by atoms with E-state index in [0.717, 1.165) is 5.56 Å². The number of hydrogen-bond donors (Lipinski definition) is 3. The molecule has 2 rings (SSSR count). The van der Waals surface area contributed by atoms with Crippen LogP contribution in [-0.2, 0) is 6.54 Å². The summed E-state index contributed by atoms with van der Waals surface area (Å²) < 4.78 is 0. The number of carboxylic acid groups (broad SMARTS) is 1. The van der Waals surface area contributed by atoms with Gasteiger partial charge in [0.15, 0.2) is 0 Å². The first kappa shape index (κ1) is 14.6. The lowest BCUT2D eigenvalue weighted by Crippen LogP contribution is -2.19. The van der Waals surface area contributed by atoms with Crippen molar-refractivity contribution in [1.29, 1.82) is 5.26 Å². The Morgan fingerprint density at radius 2 is 1.95 bits per heavy atom. The summed E-state index contributed by atoms with van der Waals surface area (Å²) in [5, 5.41) is 30.5. The van der Waals surface area contributed by atoms with E-state index in [2.05, 4.69) is 11.4 Å². The molecule has 0 radical (unpaired) electrons. The molecule has 0 aromatic heterocycles. The van der Waals surface area contributed by atoms with E-state index in [9.17, 15) is 15.2 Å². The molecule has 106 valence electrons. The minimum Gasteiger partial charge on any atom is -0.508 e. The number of carboxylic acids is 1. The molecule has 0 saturated heterocycles. The summed E-state index contributed by atoms with van der Waals surface area (Å²) in [5.41, 5.74) is 1.78. The van der Waals surface area contributed by atoms with Gasteiger partial charge in [-0.3, -0.25) is 5.32 Å². The number of phenols is 1. The number of nitrogens with zero attached hydrogens (tertiary/aromatic N) is 1. The summed E-state index contributed by atoms with van der Waals surface area (Å²) in [5.74, 6) is -0.857. The van der Waals surface area contributed by atoms with Crippen LogP contribution in [0.3, 0.4) is 0 Å². The topological polar surface area (TPSA) is 93.4 Å². The smallest absolute Gasteiger partial charge is 0.335 e. The Kier molecular flexibility index (Phi) is 4.54. The Morgan fingerprint density at radius 1 is 1.24 bits per heavy atom. The highest BCUT2D eigenvalue weighted by Gasteiger charge is 2.10. The van der Waals surface area contributed by atoms with Gasteiger partial charge in [0.2, 0.25) is 0 Å². The fourth-order valence-electron chi connectivity index (χ4n) is 1.93. The summed E-state index contributed by atoms with van der Waals surface area (Å²) in [7, 11) is 0. The molecule has 0 saturated carbocycles. The number of hydrogen-bond acceptors (Lipinski definition) is 4. The Bertz CT molecular complexity index is 675. The van der Waals surface area contributed by atoms with Crippen LogP contribution in [0.4, 0.5) is 0 Å². The molecule has 0 heterocycles. The number of nitriles is 1. The molecular weight excluding hydrogens is 268 g/mol. The Hall–Kier alpha value is -2.84. The van der Waals surface area contributed by atoms with Gasteiger partial charge in [0.1, 0.15) is 11.8 Å². The standard InChI is InChI=1S/C16H14N2O3/c17-9-15(13-2-1-3-14(19)8-13)18-10-11-4-6-12(7-5-11)16(20)21/h1-8,15,18-19H,10H2,(H,20,21). The number of aromatic hydroxyl groups is 1. The molecule has 1 atom stereocenters. The van der Waals surface area contributed by atoms with Crippen LogP contribution in [0.25, 0.3) is 0 Å². The molecule has 5 nitrogen and oxygen atoms in total. The van der Waals surface area contributed by atoms with Crippen molar-refractivity contribution in [3.63, 3.8) is 0 Å². The SMILES string of the molecule is N#CC(NCc1ccc(C(=O)O)cc1)c1cccc(O)c1. The van der Waals surface area contributed by atoms with Crippen LogP contribution in [0.5, 0.6) is 5.75 Å². The predicted molar refractivity (Wildman–Crippen MR) is 76.7 cm³/mol. The average molecular weight is 282 g/mol. The van der Waals surface area contributed by atoms with Gasteiger partial charge in [0.05, 0.1) is 11.6 Å². The van der Waals surface area contributed by atoms with E-state index < -0.39 is 12.0 Å². The third kappa shape index (κ3) is 3.81. The zero-order valence-corrected chi connectivity index (χ0v) is 11.2. The van der Waals surface area contributed by atoms with Crippen LogP contribution in [-0.4, -0.2) is 16.2 Å². The Morgan fingerprint density at radius 3 is 2.52 bits per heavy atom. The number of rotatable bonds is 5. The molecule has 2 aromatic carbocycles. The second-order valence-electron chi connectivity index (χ2n) is 4.54. The normalized spacial score (nSPS) is 11.6. The molecule has 0 bridgehead atoms. The van der Waals surface area contributed by atoms with Gasteiger partial charge < -0.3 is 10.2 Å². The Balaban J connectivity index is 2.03. The van der Waals surface area contributed by atoms with E-state index in [1.165, 1.54) is 18.2 Å². The number of phenolic OH excluding ortho intramolecular Hbond substituents is 1. The fourth-order valence-corrected chi connectivity index (χ4v) is 1.93. The number of carbonyl (C=O) groups is 1. The lowest BCUT2D eigenvalue weighted by atomic mass is 10.1. The molecule has 0 spiro atoms. The monoisotopic (exact) mass is 282 g/mol. The van der Waals surface area contributed by atoms with E-state index in [1.807, 2.05) is 0 Å². The van der Waals surface area contributed by atoms with Crippen LogP contribution >= 0.6 is 0 Å². The Labute approximate surface area is 122 Å². The molecular formula is C16H14N2O3. The molecule has 0 fully saturated rings. The van der Waals surface area contributed by atoms with E-state index >= 15 is 0 Å². The largest absolute Gasteiger partial charge is 0.508 e. The van der Waals surface area contributed by atoms with E-state index in [-0.39, 0.29) is 11.3 Å². The molecule has 0 aliphatic heterocycles. The van der Waals surface area contributed by atoms with E-state index in [1.54, 1.807) is 30.3 Å². The minimum atomic E-state index is -0.968. The molecule has 0 aliphatic rings. The quantitative estimate of drug-likeness (QED) is 0.783. The fraction of sp³-hybridized carbons (Fsp3) is 0.125. The van der Waals surface area contributed by atoms with E-state index in [4.69, 9.17) is 5.11 Å². The lowest BCUT2D eigenvalue weighted by Gasteiger charge is -2.12. The summed E-state index contributed by atoms with van der Waals surface area (Å²) in [6, 6.07) is 14.6. The predicted octanol–water partition coefficient (Wildman–Crippen LogP) is 2.44. The lowest BCUT2D eigenvalue weighted by molar-refractivity contribution is 0.0697. The molecule has 1 unspecified atom stereocenters. The van der Waals surface area contributed by atoms with Gasteiger partial charge in [-0.05, 0) is 35.4 Å². The van der Waals surface area contributed by atoms with Gasteiger partial charge in [0, 0.05) is 6.54 Å². The van der Waals surface area contributed by atoms with Crippen LogP contribution in [0.2, 0.25) is 0 Å². The molecule has 21 heavy (non-hydrogen) atoms. The van der Waals surface area contributed by atoms with E-state index in [0.29, 0.717) is 12.1 Å². The van der Waals surface area contributed by atoms with Crippen LogP contribution in [0.1, 0.15) is 27.5 Å². The van der Waals surface area contributed by atoms with Crippen molar-refractivity contribution in [2.75, 3.05) is 0 Å². The first-order valence-electron chi connectivity index (χ1n) is 6.34. The van der Waals surface area contributed by atoms with Gasteiger partial charge in [-0.25, -0.2) is 4.79 Å². The van der Waals surface area contributed by atoms with Crippen LogP contribution in [0, 0.1) is 11.3 Å². The van der Waals surface area contributed by atoms with Gasteiger partial charge in [-0.2, -0.15) is 5.26 Å². The maximum absolute atomic E-state index is 10.8. The van der Waals surface area contributed by atoms with Gasteiger partial charge >= 0.3 is 5.97 Å². The highest BCUT2D eigenvalue weighted by molar-refractivity contribution is 5.87. The first-order valence-corrected chi connectivity index (χ1v) is 6.34. The zero-order chi connectivity index (χ0) is 15.2. The molecule has 0 amide bonds. The number of nitrogens with one attached hydrogen (secondary N) is 1.